The van der Waals surface area contributed by atoms with Gasteiger partial charge in [-0.3, -0.25) is 19.2 Å². The molecule has 21 heavy (non-hydrogen) atoms. The van der Waals surface area contributed by atoms with Crippen LogP contribution in [-0.4, -0.2) is 23.4 Å². The maximum Gasteiger partial charge on any atom is 0.261 e. The summed E-state index contributed by atoms with van der Waals surface area (Å²) in [5.74, 6) is -1.65. The molecule has 1 aliphatic carbocycles. The Kier molecular flexibility index (Phi) is 2.73. The molecule has 0 bridgehead atoms. The van der Waals surface area contributed by atoms with Crippen molar-refractivity contribution in [1.82, 2.24) is 0 Å². The second-order valence-corrected chi connectivity index (χ2v) is 5.02. The van der Waals surface area contributed by atoms with Crippen LogP contribution >= 0.6 is 0 Å². The number of rotatable bonds is 1. The number of amides is 2. The Morgan fingerprint density at radius 3 is 2.19 bits per heavy atom. The van der Waals surface area contributed by atoms with Crippen molar-refractivity contribution in [2.75, 3.05) is 4.90 Å². The van der Waals surface area contributed by atoms with Crippen molar-refractivity contribution < 1.29 is 19.2 Å². The van der Waals surface area contributed by atoms with E-state index in [-0.39, 0.29) is 28.4 Å². The fourth-order valence-electron chi connectivity index (χ4n) is 2.56. The Hall–Kier alpha value is -2.82. The number of carbonyl (C=O) groups excluding carboxylic acids is 4. The number of anilines is 1. The molecule has 3 rings (SSSR count). The number of imide groups is 1. The van der Waals surface area contributed by atoms with Crippen LogP contribution in [0.15, 0.2) is 35.9 Å². The molecule has 104 valence electrons. The van der Waals surface area contributed by atoms with Gasteiger partial charge in [0.05, 0.1) is 11.3 Å². The summed E-state index contributed by atoms with van der Waals surface area (Å²) in [5, 5.41) is 0. The van der Waals surface area contributed by atoms with Crippen LogP contribution in [-0.2, 0) is 9.59 Å². The number of fused-ring (bicyclic) bond motifs is 1. The quantitative estimate of drug-likeness (QED) is 0.735. The van der Waals surface area contributed by atoms with Gasteiger partial charge in [0.2, 0.25) is 0 Å². The zero-order valence-corrected chi connectivity index (χ0v) is 11.5. The number of ketones is 2. The third-order valence-corrected chi connectivity index (χ3v) is 3.60. The Bertz CT molecular complexity index is 799. The SMILES string of the molecule is CC1=CC(=O)N(c2c(C)ccc3c2C(=O)C=CC3=O)C1=O. The monoisotopic (exact) mass is 281 g/mol. The van der Waals surface area contributed by atoms with Gasteiger partial charge in [-0.15, -0.1) is 0 Å². The molecule has 2 amide bonds. The van der Waals surface area contributed by atoms with E-state index in [0.29, 0.717) is 11.1 Å². The van der Waals surface area contributed by atoms with Crippen LogP contribution in [0, 0.1) is 6.92 Å². The number of hydrogen-bond donors (Lipinski definition) is 0. The second-order valence-electron chi connectivity index (χ2n) is 5.02. The summed E-state index contributed by atoms with van der Waals surface area (Å²) in [4.78, 5) is 49.2. The van der Waals surface area contributed by atoms with Gasteiger partial charge in [-0.25, -0.2) is 4.90 Å². The molecule has 0 fully saturated rings. The standard InChI is InChI=1S/C16H11NO4/c1-8-3-4-10-11(18)5-6-12(19)14(10)15(8)17-13(20)7-9(2)16(17)21/h3-7H,1-2H3. The van der Waals surface area contributed by atoms with E-state index in [0.717, 1.165) is 4.90 Å². The van der Waals surface area contributed by atoms with Crippen LogP contribution in [0.25, 0.3) is 0 Å². The Labute approximate surface area is 120 Å². The zero-order chi connectivity index (χ0) is 15.3. The van der Waals surface area contributed by atoms with Gasteiger partial charge in [0.15, 0.2) is 11.6 Å². The van der Waals surface area contributed by atoms with Crippen LogP contribution in [0.1, 0.15) is 33.2 Å². The van der Waals surface area contributed by atoms with E-state index in [9.17, 15) is 19.2 Å². The van der Waals surface area contributed by atoms with E-state index in [2.05, 4.69) is 0 Å². The molecule has 0 radical (unpaired) electrons. The van der Waals surface area contributed by atoms with Crippen molar-refractivity contribution >= 4 is 29.1 Å². The third kappa shape index (κ3) is 1.78. The van der Waals surface area contributed by atoms with Crippen molar-refractivity contribution in [3.05, 3.63) is 52.6 Å². The number of benzene rings is 1. The van der Waals surface area contributed by atoms with E-state index >= 15 is 0 Å². The van der Waals surface area contributed by atoms with E-state index in [1.165, 1.54) is 25.2 Å². The van der Waals surface area contributed by atoms with Gasteiger partial charge in [-0.2, -0.15) is 0 Å². The topological polar surface area (TPSA) is 71.5 Å². The van der Waals surface area contributed by atoms with Crippen LogP contribution < -0.4 is 4.90 Å². The van der Waals surface area contributed by atoms with E-state index in [4.69, 9.17) is 0 Å². The van der Waals surface area contributed by atoms with Gasteiger partial charge in [-0.1, -0.05) is 6.07 Å². The first-order chi connectivity index (χ1) is 9.91. The Morgan fingerprint density at radius 1 is 0.905 bits per heavy atom. The number of aryl methyl sites for hydroxylation is 1. The number of nitrogens with zero attached hydrogens (tertiary/aromatic N) is 1. The normalized spacial score (nSPS) is 17.4. The Balaban J connectivity index is 2.29. The lowest BCUT2D eigenvalue weighted by atomic mass is 9.90. The van der Waals surface area contributed by atoms with Crippen LogP contribution in [0.5, 0.6) is 0 Å². The number of carbonyl (C=O) groups is 4. The van der Waals surface area contributed by atoms with E-state index < -0.39 is 11.8 Å². The molecule has 1 aliphatic heterocycles. The first-order valence-electron chi connectivity index (χ1n) is 6.39. The molecule has 1 aromatic rings. The molecule has 5 nitrogen and oxygen atoms in total. The minimum Gasteiger partial charge on any atom is -0.289 e. The van der Waals surface area contributed by atoms with Gasteiger partial charge >= 0.3 is 0 Å². The molecule has 0 atom stereocenters. The summed E-state index contributed by atoms with van der Waals surface area (Å²) in [7, 11) is 0. The fraction of sp³-hybridized carbons (Fsp3) is 0.125. The van der Waals surface area contributed by atoms with Crippen molar-refractivity contribution in [3.8, 4) is 0 Å². The second kappa shape index (κ2) is 4.34. The van der Waals surface area contributed by atoms with Crippen LogP contribution in [0.3, 0.4) is 0 Å². The maximum absolute atomic E-state index is 12.2. The minimum absolute atomic E-state index is 0.118. The molecule has 1 heterocycles. The van der Waals surface area contributed by atoms with Gasteiger partial charge in [0.1, 0.15) is 0 Å². The van der Waals surface area contributed by atoms with Gasteiger partial charge in [0.25, 0.3) is 11.8 Å². The van der Waals surface area contributed by atoms with Crippen LogP contribution in [0.2, 0.25) is 0 Å². The molecule has 5 heteroatoms. The maximum atomic E-state index is 12.2. The third-order valence-electron chi connectivity index (χ3n) is 3.60. The lowest BCUT2D eigenvalue weighted by molar-refractivity contribution is -0.120. The molecule has 0 aromatic heterocycles. The highest BCUT2D eigenvalue weighted by molar-refractivity contribution is 6.34. The molecule has 2 aliphatic rings. The summed E-state index contributed by atoms with van der Waals surface area (Å²) in [5.41, 5.74) is 1.44. The van der Waals surface area contributed by atoms with E-state index in [1.807, 2.05) is 0 Å². The molecular weight excluding hydrogens is 270 g/mol. The summed E-state index contributed by atoms with van der Waals surface area (Å²) in [6.45, 7) is 3.23. The summed E-state index contributed by atoms with van der Waals surface area (Å²) in [6, 6.07) is 3.18. The highest BCUT2D eigenvalue weighted by atomic mass is 16.2. The minimum atomic E-state index is -0.496. The summed E-state index contributed by atoms with van der Waals surface area (Å²) >= 11 is 0. The predicted octanol–water partition coefficient (Wildman–Crippen LogP) is 1.75. The molecule has 0 unspecified atom stereocenters. The first kappa shape index (κ1) is 13.2. The van der Waals surface area contributed by atoms with Crippen molar-refractivity contribution in [3.63, 3.8) is 0 Å². The lowest BCUT2D eigenvalue weighted by Crippen LogP contribution is -2.33. The lowest BCUT2D eigenvalue weighted by Gasteiger charge is -2.23. The van der Waals surface area contributed by atoms with Gasteiger partial charge < -0.3 is 0 Å². The molecule has 0 N–H and O–H groups in total. The summed E-state index contributed by atoms with van der Waals surface area (Å²) in [6.07, 6.45) is 3.59. The van der Waals surface area contributed by atoms with Crippen molar-refractivity contribution in [2.24, 2.45) is 0 Å². The Morgan fingerprint density at radius 2 is 1.57 bits per heavy atom. The highest BCUT2D eigenvalue weighted by Gasteiger charge is 2.35. The van der Waals surface area contributed by atoms with Crippen LogP contribution in [0.4, 0.5) is 5.69 Å². The average molecular weight is 281 g/mol. The predicted molar refractivity (Wildman–Crippen MR) is 75.2 cm³/mol. The summed E-state index contributed by atoms with van der Waals surface area (Å²) < 4.78 is 0. The number of hydrogen-bond acceptors (Lipinski definition) is 4. The first-order valence-corrected chi connectivity index (χ1v) is 6.39. The zero-order valence-electron chi connectivity index (χ0n) is 11.5. The fourth-order valence-corrected chi connectivity index (χ4v) is 2.56. The number of allylic oxidation sites excluding steroid dienone is 2. The smallest absolute Gasteiger partial charge is 0.261 e. The molecule has 0 saturated heterocycles. The highest BCUT2D eigenvalue weighted by Crippen LogP contribution is 2.34. The van der Waals surface area contributed by atoms with E-state index in [1.54, 1.807) is 19.1 Å². The molecule has 0 spiro atoms. The molecule has 1 aromatic carbocycles. The molecule has 0 saturated carbocycles. The molecular formula is C16H11NO4. The van der Waals surface area contributed by atoms with Crippen molar-refractivity contribution in [1.29, 1.82) is 0 Å². The van der Waals surface area contributed by atoms with Gasteiger partial charge in [-0.05, 0) is 37.6 Å². The largest absolute Gasteiger partial charge is 0.289 e. The average Bonchev–Trinajstić information content (AvgIpc) is 2.68. The van der Waals surface area contributed by atoms with Gasteiger partial charge in [0, 0.05) is 17.2 Å². The van der Waals surface area contributed by atoms with Crippen molar-refractivity contribution in [2.45, 2.75) is 13.8 Å².